The van der Waals surface area contributed by atoms with E-state index < -0.39 is 0 Å². The van der Waals surface area contributed by atoms with Crippen LogP contribution in [-0.4, -0.2) is 0 Å². The number of hydrogen-bond acceptors (Lipinski definition) is 0. The molecule has 2 aliphatic carbocycles. The summed E-state index contributed by atoms with van der Waals surface area (Å²) in [5.41, 5.74) is 4.65. The highest BCUT2D eigenvalue weighted by atomic mass is 14.4. The normalized spacial score (nSPS) is 26.4. The Kier molecular flexibility index (Phi) is 2.16. The standard InChI is InChI=1S/C17H18/c1-12-14-8-4-5-9-15(14)13(2)17(3)11-7-6-10-16(12)17/h4-10H,11H2,1-3H3. The van der Waals surface area contributed by atoms with Gasteiger partial charge in [0.05, 0.1) is 0 Å². The lowest BCUT2D eigenvalue weighted by molar-refractivity contribution is 0.541. The van der Waals surface area contributed by atoms with Gasteiger partial charge in [-0.25, -0.2) is 0 Å². The minimum Gasteiger partial charge on any atom is -0.0833 e. The Hall–Kier alpha value is -1.56. The van der Waals surface area contributed by atoms with E-state index >= 15 is 0 Å². The van der Waals surface area contributed by atoms with Crippen molar-refractivity contribution in [3.63, 3.8) is 0 Å². The summed E-state index contributed by atoms with van der Waals surface area (Å²) in [6.07, 6.45) is 7.89. The van der Waals surface area contributed by atoms with Gasteiger partial charge in [-0.1, -0.05) is 55.0 Å². The smallest absolute Gasteiger partial charge is 0.0177 e. The predicted molar refractivity (Wildman–Crippen MR) is 73.8 cm³/mol. The molecule has 0 bridgehead atoms. The molecule has 0 aromatic heterocycles. The molecule has 0 N–H and O–H groups in total. The van der Waals surface area contributed by atoms with E-state index in [-0.39, 0.29) is 5.41 Å². The summed E-state index contributed by atoms with van der Waals surface area (Å²) >= 11 is 0. The van der Waals surface area contributed by atoms with Crippen LogP contribution in [0.25, 0.3) is 11.1 Å². The lowest BCUT2D eigenvalue weighted by atomic mass is 9.66. The van der Waals surface area contributed by atoms with Gasteiger partial charge in [-0.3, -0.25) is 0 Å². The first-order valence-electron chi connectivity index (χ1n) is 6.29. The average molecular weight is 222 g/mol. The van der Waals surface area contributed by atoms with Crippen molar-refractivity contribution in [3.8, 4) is 0 Å². The maximum Gasteiger partial charge on any atom is 0.0177 e. The molecule has 1 aromatic carbocycles. The SMILES string of the molecule is CC1=c2ccccc2=C(C)C2(C)CC=CC=C12. The third kappa shape index (κ3) is 1.30. The Morgan fingerprint density at radius 1 is 1.06 bits per heavy atom. The van der Waals surface area contributed by atoms with E-state index in [0.717, 1.165) is 6.42 Å². The molecule has 1 atom stereocenters. The molecule has 0 spiro atoms. The van der Waals surface area contributed by atoms with Crippen molar-refractivity contribution in [3.05, 3.63) is 58.5 Å². The summed E-state index contributed by atoms with van der Waals surface area (Å²) < 4.78 is 0. The van der Waals surface area contributed by atoms with Crippen LogP contribution in [0.3, 0.4) is 0 Å². The van der Waals surface area contributed by atoms with Gasteiger partial charge in [-0.05, 0) is 41.9 Å². The molecule has 17 heavy (non-hydrogen) atoms. The van der Waals surface area contributed by atoms with Gasteiger partial charge in [0.15, 0.2) is 0 Å². The first-order valence-corrected chi connectivity index (χ1v) is 6.29. The average Bonchev–Trinajstić information content (AvgIpc) is 2.36. The molecule has 0 heteroatoms. The van der Waals surface area contributed by atoms with E-state index in [9.17, 15) is 0 Å². The lowest BCUT2D eigenvalue weighted by Crippen LogP contribution is -2.40. The summed E-state index contributed by atoms with van der Waals surface area (Å²) in [6.45, 7) is 6.92. The second-order valence-corrected chi connectivity index (χ2v) is 5.34. The van der Waals surface area contributed by atoms with E-state index in [4.69, 9.17) is 0 Å². The zero-order valence-corrected chi connectivity index (χ0v) is 10.7. The maximum absolute atomic E-state index is 2.37. The zero-order valence-electron chi connectivity index (χ0n) is 10.7. The number of allylic oxidation sites excluding steroid dienone is 4. The van der Waals surface area contributed by atoms with Gasteiger partial charge in [-0.2, -0.15) is 0 Å². The summed E-state index contributed by atoms with van der Waals surface area (Å²) in [4.78, 5) is 0. The van der Waals surface area contributed by atoms with Crippen LogP contribution in [-0.2, 0) is 0 Å². The number of benzene rings is 1. The summed E-state index contributed by atoms with van der Waals surface area (Å²) in [5, 5.41) is 2.84. The van der Waals surface area contributed by atoms with Crippen molar-refractivity contribution in [2.45, 2.75) is 27.2 Å². The van der Waals surface area contributed by atoms with Gasteiger partial charge in [0.2, 0.25) is 0 Å². The highest BCUT2D eigenvalue weighted by Crippen LogP contribution is 2.45. The van der Waals surface area contributed by atoms with E-state index in [1.807, 2.05) is 0 Å². The second-order valence-electron chi connectivity index (χ2n) is 5.34. The van der Waals surface area contributed by atoms with E-state index in [1.165, 1.54) is 27.2 Å². The van der Waals surface area contributed by atoms with Crippen molar-refractivity contribution in [2.75, 3.05) is 0 Å². The molecule has 86 valence electrons. The topological polar surface area (TPSA) is 0 Å². The molecule has 0 aliphatic heterocycles. The van der Waals surface area contributed by atoms with Crippen LogP contribution in [0, 0.1) is 5.41 Å². The molecule has 0 saturated heterocycles. The maximum atomic E-state index is 2.37. The molecule has 0 radical (unpaired) electrons. The van der Waals surface area contributed by atoms with Crippen molar-refractivity contribution in [1.82, 2.24) is 0 Å². The third-order valence-corrected chi connectivity index (χ3v) is 4.49. The van der Waals surface area contributed by atoms with Crippen LogP contribution in [0.2, 0.25) is 0 Å². The highest BCUT2D eigenvalue weighted by Gasteiger charge is 2.34. The van der Waals surface area contributed by atoms with Crippen LogP contribution in [0.4, 0.5) is 0 Å². The molecule has 1 aromatic rings. The van der Waals surface area contributed by atoms with Gasteiger partial charge in [0.1, 0.15) is 0 Å². The summed E-state index contributed by atoms with van der Waals surface area (Å²) in [7, 11) is 0. The number of rotatable bonds is 0. The monoisotopic (exact) mass is 222 g/mol. The van der Waals surface area contributed by atoms with Crippen molar-refractivity contribution in [2.24, 2.45) is 5.41 Å². The molecule has 0 nitrogen and oxygen atoms in total. The Bertz CT molecular complexity index is 656. The van der Waals surface area contributed by atoms with Gasteiger partial charge < -0.3 is 0 Å². The van der Waals surface area contributed by atoms with Gasteiger partial charge in [0, 0.05) is 5.41 Å². The minimum absolute atomic E-state index is 0.202. The fraction of sp³-hybridized carbons (Fsp3) is 0.294. The van der Waals surface area contributed by atoms with Crippen LogP contribution in [0.1, 0.15) is 27.2 Å². The molecule has 0 heterocycles. The van der Waals surface area contributed by atoms with Crippen LogP contribution >= 0.6 is 0 Å². The number of hydrogen-bond donors (Lipinski definition) is 0. The van der Waals surface area contributed by atoms with Crippen molar-refractivity contribution in [1.29, 1.82) is 0 Å². The quantitative estimate of drug-likeness (QED) is 0.633. The van der Waals surface area contributed by atoms with E-state index in [2.05, 4.69) is 63.3 Å². The van der Waals surface area contributed by atoms with Gasteiger partial charge >= 0.3 is 0 Å². The molecule has 2 aliphatic rings. The van der Waals surface area contributed by atoms with Gasteiger partial charge in [-0.15, -0.1) is 0 Å². The molecule has 0 fully saturated rings. The van der Waals surface area contributed by atoms with Crippen molar-refractivity contribution >= 4 is 11.1 Å². The molecule has 0 saturated carbocycles. The lowest BCUT2D eigenvalue weighted by Gasteiger charge is -2.38. The van der Waals surface area contributed by atoms with E-state index in [0.29, 0.717) is 0 Å². The second kappa shape index (κ2) is 3.46. The summed E-state index contributed by atoms with van der Waals surface area (Å²) in [5.74, 6) is 0. The number of fused-ring (bicyclic) bond motifs is 2. The third-order valence-electron chi connectivity index (χ3n) is 4.49. The fourth-order valence-corrected chi connectivity index (χ4v) is 3.24. The Balaban J connectivity index is 2.51. The molecule has 1 unspecified atom stereocenters. The largest absolute Gasteiger partial charge is 0.0833 e. The predicted octanol–water partition coefficient (Wildman–Crippen LogP) is 2.93. The molecule has 0 amide bonds. The Labute approximate surface area is 103 Å². The van der Waals surface area contributed by atoms with Crippen molar-refractivity contribution < 1.29 is 0 Å². The summed E-state index contributed by atoms with van der Waals surface area (Å²) in [6, 6.07) is 8.78. The first kappa shape index (κ1) is 10.6. The van der Waals surface area contributed by atoms with Gasteiger partial charge in [0.25, 0.3) is 0 Å². The van der Waals surface area contributed by atoms with Crippen LogP contribution in [0.5, 0.6) is 0 Å². The fourth-order valence-electron chi connectivity index (χ4n) is 3.24. The van der Waals surface area contributed by atoms with Crippen LogP contribution < -0.4 is 10.4 Å². The Morgan fingerprint density at radius 3 is 2.53 bits per heavy atom. The molecular formula is C17H18. The first-order chi connectivity index (χ1) is 8.14. The van der Waals surface area contributed by atoms with Crippen LogP contribution in [0.15, 0.2) is 48.1 Å². The minimum atomic E-state index is 0.202. The highest BCUT2D eigenvalue weighted by molar-refractivity contribution is 5.77. The molecular weight excluding hydrogens is 204 g/mol. The zero-order chi connectivity index (χ0) is 12.0. The molecule has 3 rings (SSSR count). The van der Waals surface area contributed by atoms with E-state index in [1.54, 1.807) is 0 Å². The Morgan fingerprint density at radius 2 is 1.76 bits per heavy atom.